The minimum atomic E-state index is -0.585. The fourth-order valence-electron chi connectivity index (χ4n) is 3.63. The molecule has 160 valence electrons. The molecule has 2 atom stereocenters. The van der Waals surface area contributed by atoms with Crippen LogP contribution in [0.4, 0.5) is 5.69 Å². The van der Waals surface area contributed by atoms with Crippen molar-refractivity contribution < 1.29 is 28.8 Å². The molecule has 2 heterocycles. The van der Waals surface area contributed by atoms with Crippen molar-refractivity contribution in [3.05, 3.63) is 50.5 Å². The quantitative estimate of drug-likeness (QED) is 0.252. The number of hydrogen-bond acceptors (Lipinski definition) is 8. The SMILES string of the molecule is CCSC1=C(C(=O)OCc2ccc([N+](=O)[O-])cc2)N2C(=O)[C@@H](CCOC(C)=O)C2C1. The van der Waals surface area contributed by atoms with Gasteiger partial charge in [-0.15, -0.1) is 11.8 Å². The first kappa shape index (κ1) is 21.8. The topological polar surface area (TPSA) is 116 Å². The van der Waals surface area contributed by atoms with Crippen LogP contribution in [0.1, 0.15) is 32.3 Å². The molecule has 0 spiro atoms. The smallest absolute Gasteiger partial charge is 0.356 e. The highest BCUT2D eigenvalue weighted by Gasteiger charge is 2.55. The molecular formula is C20H22N2O7S. The summed E-state index contributed by atoms with van der Waals surface area (Å²) in [4.78, 5) is 48.9. The Morgan fingerprint density at radius 3 is 2.57 bits per heavy atom. The lowest BCUT2D eigenvalue weighted by Crippen LogP contribution is -2.58. The van der Waals surface area contributed by atoms with Crippen LogP contribution in [0.25, 0.3) is 0 Å². The lowest BCUT2D eigenvalue weighted by molar-refractivity contribution is -0.384. The van der Waals surface area contributed by atoms with E-state index in [9.17, 15) is 24.5 Å². The van der Waals surface area contributed by atoms with Crippen molar-refractivity contribution in [2.24, 2.45) is 5.92 Å². The summed E-state index contributed by atoms with van der Waals surface area (Å²) in [5, 5.41) is 10.7. The molecule has 0 saturated carbocycles. The first-order valence-electron chi connectivity index (χ1n) is 9.56. The summed E-state index contributed by atoms with van der Waals surface area (Å²) in [6.45, 7) is 3.41. The maximum atomic E-state index is 12.8. The van der Waals surface area contributed by atoms with Crippen LogP contribution in [-0.2, 0) is 30.5 Å². The molecule has 0 N–H and O–H groups in total. The van der Waals surface area contributed by atoms with Gasteiger partial charge in [0.2, 0.25) is 5.91 Å². The monoisotopic (exact) mass is 434 g/mol. The number of ether oxygens (including phenoxy) is 2. The summed E-state index contributed by atoms with van der Waals surface area (Å²) < 4.78 is 10.3. The molecule has 1 aromatic rings. The second kappa shape index (κ2) is 9.29. The number of amides is 1. The molecule has 1 saturated heterocycles. The normalized spacial score (nSPS) is 19.9. The number of esters is 2. The van der Waals surface area contributed by atoms with Crippen molar-refractivity contribution in [1.82, 2.24) is 4.90 Å². The van der Waals surface area contributed by atoms with E-state index >= 15 is 0 Å². The summed E-state index contributed by atoms with van der Waals surface area (Å²) in [5.74, 6) is -0.668. The third-order valence-electron chi connectivity index (χ3n) is 5.01. The molecule has 0 bridgehead atoms. The van der Waals surface area contributed by atoms with Crippen LogP contribution in [0, 0.1) is 16.0 Å². The number of carbonyl (C=O) groups excluding carboxylic acids is 3. The largest absolute Gasteiger partial charge is 0.466 e. The number of nitro benzene ring substituents is 1. The highest BCUT2D eigenvalue weighted by molar-refractivity contribution is 8.03. The molecule has 1 aromatic carbocycles. The molecule has 2 aliphatic rings. The van der Waals surface area contributed by atoms with E-state index in [-0.39, 0.29) is 48.4 Å². The molecule has 3 rings (SSSR count). The number of non-ortho nitro benzene ring substituents is 1. The summed E-state index contributed by atoms with van der Waals surface area (Å²) in [6.07, 6.45) is 1.01. The third-order valence-corrected chi connectivity index (χ3v) is 6.01. The molecule has 1 fully saturated rings. The Morgan fingerprint density at radius 1 is 1.27 bits per heavy atom. The van der Waals surface area contributed by atoms with Gasteiger partial charge in [-0.3, -0.25) is 19.7 Å². The number of benzene rings is 1. The summed E-state index contributed by atoms with van der Waals surface area (Å²) >= 11 is 1.51. The zero-order chi connectivity index (χ0) is 21.8. The summed E-state index contributed by atoms with van der Waals surface area (Å²) in [6, 6.07) is 5.62. The van der Waals surface area contributed by atoms with E-state index in [1.807, 2.05) is 6.92 Å². The molecule has 1 amide bonds. The van der Waals surface area contributed by atoms with Gasteiger partial charge in [0.1, 0.15) is 12.3 Å². The highest BCUT2D eigenvalue weighted by atomic mass is 32.2. The van der Waals surface area contributed by atoms with Crippen molar-refractivity contribution in [2.75, 3.05) is 12.4 Å². The number of nitro groups is 1. The standard InChI is InChI=1S/C20H22N2O7S/c1-3-30-17-10-16-15(8-9-28-12(2)23)19(24)21(16)18(17)20(25)29-11-13-4-6-14(7-5-13)22(26)27/h4-7,15-16H,3,8-11H2,1-2H3/t15-,16?/m0/s1. The van der Waals surface area contributed by atoms with Gasteiger partial charge in [0.05, 0.1) is 23.5 Å². The zero-order valence-corrected chi connectivity index (χ0v) is 17.5. The Kier molecular flexibility index (Phi) is 6.76. The van der Waals surface area contributed by atoms with Crippen LogP contribution in [0.3, 0.4) is 0 Å². The predicted molar refractivity (Wildman–Crippen MR) is 108 cm³/mol. The average Bonchev–Trinajstić information content (AvgIpc) is 3.04. The van der Waals surface area contributed by atoms with Crippen molar-refractivity contribution in [3.63, 3.8) is 0 Å². The van der Waals surface area contributed by atoms with Gasteiger partial charge < -0.3 is 14.4 Å². The van der Waals surface area contributed by atoms with Crippen molar-refractivity contribution in [2.45, 2.75) is 39.3 Å². The fourth-order valence-corrected chi connectivity index (χ4v) is 4.58. The Bertz CT molecular complexity index is 897. The molecule has 1 unspecified atom stereocenters. The van der Waals surface area contributed by atoms with E-state index in [4.69, 9.17) is 9.47 Å². The van der Waals surface area contributed by atoms with Gasteiger partial charge in [-0.2, -0.15) is 0 Å². The van der Waals surface area contributed by atoms with E-state index in [0.717, 1.165) is 10.7 Å². The first-order chi connectivity index (χ1) is 14.3. The lowest BCUT2D eigenvalue weighted by atomic mass is 9.85. The van der Waals surface area contributed by atoms with Gasteiger partial charge in [-0.1, -0.05) is 6.92 Å². The number of hydrogen-bond donors (Lipinski definition) is 0. The summed E-state index contributed by atoms with van der Waals surface area (Å²) in [7, 11) is 0. The number of fused-ring (bicyclic) bond motifs is 1. The maximum absolute atomic E-state index is 12.8. The Morgan fingerprint density at radius 2 is 1.97 bits per heavy atom. The zero-order valence-electron chi connectivity index (χ0n) is 16.7. The van der Waals surface area contributed by atoms with Crippen molar-refractivity contribution in [3.8, 4) is 0 Å². The van der Waals surface area contributed by atoms with Crippen LogP contribution in [0.5, 0.6) is 0 Å². The molecule has 10 heteroatoms. The van der Waals surface area contributed by atoms with Gasteiger partial charge in [0.25, 0.3) is 5.69 Å². The van der Waals surface area contributed by atoms with Gasteiger partial charge in [-0.05, 0) is 29.9 Å². The minimum Gasteiger partial charge on any atom is -0.466 e. The molecule has 30 heavy (non-hydrogen) atoms. The molecule has 0 aliphatic carbocycles. The van der Waals surface area contributed by atoms with E-state index in [1.165, 1.54) is 47.9 Å². The van der Waals surface area contributed by atoms with Crippen molar-refractivity contribution >= 4 is 35.3 Å². The number of β-lactam (4-membered cyclic amide) rings is 1. The Hall–Kier alpha value is -2.88. The van der Waals surface area contributed by atoms with Gasteiger partial charge >= 0.3 is 11.9 Å². The highest BCUT2D eigenvalue weighted by Crippen LogP contribution is 2.47. The van der Waals surface area contributed by atoms with Crippen LogP contribution < -0.4 is 0 Å². The average molecular weight is 434 g/mol. The molecule has 9 nitrogen and oxygen atoms in total. The molecule has 0 radical (unpaired) electrons. The van der Waals surface area contributed by atoms with Crippen LogP contribution >= 0.6 is 11.8 Å². The minimum absolute atomic E-state index is 0.0426. The van der Waals surface area contributed by atoms with Crippen LogP contribution in [0.15, 0.2) is 34.9 Å². The first-order valence-corrected chi connectivity index (χ1v) is 10.5. The Balaban J connectivity index is 1.64. The van der Waals surface area contributed by atoms with Gasteiger partial charge in [0, 0.05) is 30.4 Å². The van der Waals surface area contributed by atoms with E-state index in [2.05, 4.69) is 0 Å². The van der Waals surface area contributed by atoms with Crippen molar-refractivity contribution in [1.29, 1.82) is 0 Å². The lowest BCUT2D eigenvalue weighted by Gasteiger charge is -2.43. The van der Waals surface area contributed by atoms with Gasteiger partial charge in [0.15, 0.2) is 0 Å². The second-order valence-electron chi connectivity index (χ2n) is 6.92. The molecule has 0 aromatic heterocycles. The maximum Gasteiger partial charge on any atom is 0.356 e. The second-order valence-corrected chi connectivity index (χ2v) is 8.28. The fraction of sp³-hybridized carbons (Fsp3) is 0.450. The number of nitrogens with zero attached hydrogens (tertiary/aromatic N) is 2. The van der Waals surface area contributed by atoms with Crippen LogP contribution in [-0.4, -0.2) is 46.1 Å². The van der Waals surface area contributed by atoms with E-state index in [1.54, 1.807) is 0 Å². The number of carbonyl (C=O) groups is 3. The van der Waals surface area contributed by atoms with E-state index < -0.39 is 10.9 Å². The number of rotatable bonds is 9. The summed E-state index contributed by atoms with van der Waals surface area (Å²) in [5.41, 5.74) is 0.851. The van der Waals surface area contributed by atoms with Crippen LogP contribution in [0.2, 0.25) is 0 Å². The molecule has 2 aliphatic heterocycles. The van der Waals surface area contributed by atoms with E-state index in [0.29, 0.717) is 18.4 Å². The molecular weight excluding hydrogens is 412 g/mol. The number of thioether (sulfide) groups is 1. The predicted octanol–water partition coefficient (Wildman–Crippen LogP) is 2.79. The van der Waals surface area contributed by atoms with Gasteiger partial charge in [-0.25, -0.2) is 4.79 Å². The third kappa shape index (κ3) is 4.48. The Labute approximate surface area is 177 Å².